The van der Waals surface area contributed by atoms with Crippen LogP contribution in [0, 0.1) is 11.3 Å². The topological polar surface area (TPSA) is 32.3 Å². The molecular weight excluding hydrogens is 248 g/mol. The van der Waals surface area contributed by atoms with Gasteiger partial charge in [0.2, 0.25) is 5.91 Å². The summed E-state index contributed by atoms with van der Waals surface area (Å²) in [6, 6.07) is 0. The van der Waals surface area contributed by atoms with Crippen LogP contribution in [0.4, 0.5) is 0 Å². The van der Waals surface area contributed by atoms with E-state index in [4.69, 9.17) is 0 Å². The minimum Gasteiger partial charge on any atom is -0.342 e. The van der Waals surface area contributed by atoms with E-state index in [0.717, 1.165) is 32.6 Å². The Labute approximate surface area is 123 Å². The summed E-state index contributed by atoms with van der Waals surface area (Å²) in [7, 11) is 0. The molecule has 0 radical (unpaired) electrons. The number of piperidine rings is 1. The van der Waals surface area contributed by atoms with Gasteiger partial charge in [0, 0.05) is 19.5 Å². The van der Waals surface area contributed by atoms with Crippen LogP contribution in [0.5, 0.6) is 0 Å². The molecule has 2 heterocycles. The fourth-order valence-corrected chi connectivity index (χ4v) is 4.46. The molecule has 3 heteroatoms. The fourth-order valence-electron chi connectivity index (χ4n) is 4.46. The van der Waals surface area contributed by atoms with Crippen molar-refractivity contribution in [3.8, 4) is 0 Å². The van der Waals surface area contributed by atoms with E-state index < -0.39 is 0 Å². The van der Waals surface area contributed by atoms with Crippen LogP contribution in [0.25, 0.3) is 0 Å². The number of carbonyl (C=O) groups is 1. The minimum atomic E-state index is 0.451. The van der Waals surface area contributed by atoms with Gasteiger partial charge in [0.1, 0.15) is 0 Å². The summed E-state index contributed by atoms with van der Waals surface area (Å²) in [5.41, 5.74) is 0.463. The van der Waals surface area contributed by atoms with Gasteiger partial charge in [-0.1, -0.05) is 25.7 Å². The maximum Gasteiger partial charge on any atom is 0.222 e. The van der Waals surface area contributed by atoms with E-state index in [1.54, 1.807) is 0 Å². The molecule has 0 aromatic heterocycles. The van der Waals surface area contributed by atoms with Crippen LogP contribution in [-0.2, 0) is 4.79 Å². The van der Waals surface area contributed by atoms with Crippen LogP contribution in [0.1, 0.15) is 64.2 Å². The Morgan fingerprint density at radius 3 is 2.45 bits per heavy atom. The molecule has 1 amide bonds. The van der Waals surface area contributed by atoms with Crippen molar-refractivity contribution >= 4 is 5.91 Å². The molecule has 2 saturated heterocycles. The van der Waals surface area contributed by atoms with Crippen LogP contribution in [0.3, 0.4) is 0 Å². The summed E-state index contributed by atoms with van der Waals surface area (Å²) in [5.74, 6) is 1.13. The number of hydrogen-bond donors (Lipinski definition) is 1. The molecule has 0 aromatic carbocycles. The predicted octanol–water partition coefficient (Wildman–Crippen LogP) is 2.95. The second-order valence-electron chi connectivity index (χ2n) is 7.38. The molecule has 3 nitrogen and oxygen atoms in total. The van der Waals surface area contributed by atoms with E-state index in [1.165, 1.54) is 57.8 Å². The smallest absolute Gasteiger partial charge is 0.222 e. The molecule has 3 rings (SSSR count). The summed E-state index contributed by atoms with van der Waals surface area (Å²) in [4.78, 5) is 14.8. The maximum atomic E-state index is 12.6. The van der Waals surface area contributed by atoms with Crippen molar-refractivity contribution in [1.82, 2.24) is 10.2 Å². The third kappa shape index (κ3) is 3.36. The molecule has 3 aliphatic rings. The minimum absolute atomic E-state index is 0.451. The molecule has 0 aromatic rings. The molecular formula is C17H30N2O. The van der Waals surface area contributed by atoms with Gasteiger partial charge in [0.05, 0.1) is 0 Å². The Morgan fingerprint density at radius 2 is 1.75 bits per heavy atom. The normalized spacial score (nSPS) is 27.7. The highest BCUT2D eigenvalue weighted by Crippen LogP contribution is 2.39. The van der Waals surface area contributed by atoms with Crippen molar-refractivity contribution in [2.45, 2.75) is 64.2 Å². The van der Waals surface area contributed by atoms with E-state index in [-0.39, 0.29) is 0 Å². The first kappa shape index (κ1) is 14.4. The van der Waals surface area contributed by atoms with Crippen LogP contribution in [0.15, 0.2) is 0 Å². The molecule has 3 fully saturated rings. The molecule has 2 aliphatic heterocycles. The summed E-state index contributed by atoms with van der Waals surface area (Å²) >= 11 is 0. The fraction of sp³-hybridized carbons (Fsp3) is 0.941. The summed E-state index contributed by atoms with van der Waals surface area (Å²) in [6.07, 6.45) is 12.6. The van der Waals surface area contributed by atoms with E-state index in [9.17, 15) is 4.79 Å². The van der Waals surface area contributed by atoms with Crippen LogP contribution in [-0.4, -0.2) is 37.0 Å². The summed E-state index contributed by atoms with van der Waals surface area (Å²) in [5, 5.41) is 3.45. The lowest BCUT2D eigenvalue weighted by molar-refractivity contribution is -0.131. The van der Waals surface area contributed by atoms with Crippen molar-refractivity contribution < 1.29 is 4.79 Å². The highest BCUT2D eigenvalue weighted by molar-refractivity contribution is 5.76. The van der Waals surface area contributed by atoms with Crippen LogP contribution >= 0.6 is 0 Å². The maximum absolute atomic E-state index is 12.6. The Hall–Kier alpha value is -0.570. The molecule has 1 spiro atoms. The second-order valence-corrected chi connectivity index (χ2v) is 7.38. The molecule has 20 heavy (non-hydrogen) atoms. The molecule has 0 unspecified atom stereocenters. The van der Waals surface area contributed by atoms with Crippen molar-refractivity contribution in [1.29, 1.82) is 0 Å². The number of hydrogen-bond acceptors (Lipinski definition) is 2. The highest BCUT2D eigenvalue weighted by atomic mass is 16.2. The first-order valence-electron chi connectivity index (χ1n) is 8.76. The first-order chi connectivity index (χ1) is 9.77. The van der Waals surface area contributed by atoms with Gasteiger partial charge in [-0.2, -0.15) is 0 Å². The van der Waals surface area contributed by atoms with Gasteiger partial charge in [0.25, 0.3) is 0 Å². The SMILES string of the molecule is O=C(CC1CCCCCC1)N1CCC2(CCNCC2)C1. The number of nitrogens with one attached hydrogen (secondary N) is 1. The van der Waals surface area contributed by atoms with Gasteiger partial charge in [-0.25, -0.2) is 0 Å². The highest BCUT2D eigenvalue weighted by Gasteiger charge is 2.40. The van der Waals surface area contributed by atoms with E-state index >= 15 is 0 Å². The van der Waals surface area contributed by atoms with Crippen molar-refractivity contribution in [3.05, 3.63) is 0 Å². The Balaban J connectivity index is 1.50. The van der Waals surface area contributed by atoms with Crippen LogP contribution in [0.2, 0.25) is 0 Å². The third-order valence-corrected chi connectivity index (χ3v) is 5.89. The van der Waals surface area contributed by atoms with E-state index in [0.29, 0.717) is 17.2 Å². The number of nitrogens with zero attached hydrogens (tertiary/aromatic N) is 1. The van der Waals surface area contributed by atoms with E-state index in [2.05, 4.69) is 10.2 Å². The molecule has 0 bridgehead atoms. The van der Waals surface area contributed by atoms with Crippen molar-refractivity contribution in [3.63, 3.8) is 0 Å². The Kier molecular flexibility index (Phi) is 4.65. The first-order valence-corrected chi connectivity index (χ1v) is 8.76. The van der Waals surface area contributed by atoms with Gasteiger partial charge in [-0.3, -0.25) is 4.79 Å². The number of rotatable bonds is 2. The summed E-state index contributed by atoms with van der Waals surface area (Å²) < 4.78 is 0. The largest absolute Gasteiger partial charge is 0.342 e. The van der Waals surface area contributed by atoms with Gasteiger partial charge in [0.15, 0.2) is 0 Å². The lowest BCUT2D eigenvalue weighted by Gasteiger charge is -2.33. The second kappa shape index (κ2) is 6.46. The van der Waals surface area contributed by atoms with Gasteiger partial charge >= 0.3 is 0 Å². The lowest BCUT2D eigenvalue weighted by Crippen LogP contribution is -2.40. The zero-order chi connectivity index (χ0) is 13.8. The number of likely N-dealkylation sites (tertiary alicyclic amines) is 1. The molecule has 0 atom stereocenters. The average molecular weight is 278 g/mol. The molecule has 114 valence electrons. The van der Waals surface area contributed by atoms with E-state index in [1.807, 2.05) is 0 Å². The standard InChI is InChI=1S/C17H30N2O/c20-16(13-15-5-3-1-2-4-6-15)19-12-9-17(14-19)7-10-18-11-8-17/h15,18H,1-14H2. The Morgan fingerprint density at radius 1 is 1.05 bits per heavy atom. The van der Waals surface area contributed by atoms with Gasteiger partial charge in [-0.15, -0.1) is 0 Å². The van der Waals surface area contributed by atoms with Gasteiger partial charge < -0.3 is 10.2 Å². The number of carbonyl (C=O) groups excluding carboxylic acids is 1. The predicted molar refractivity (Wildman–Crippen MR) is 81.5 cm³/mol. The Bertz CT molecular complexity index is 328. The molecule has 1 saturated carbocycles. The number of amides is 1. The zero-order valence-corrected chi connectivity index (χ0v) is 12.8. The van der Waals surface area contributed by atoms with Crippen LogP contribution < -0.4 is 5.32 Å². The lowest BCUT2D eigenvalue weighted by atomic mass is 9.78. The quantitative estimate of drug-likeness (QED) is 0.788. The average Bonchev–Trinajstić information content (AvgIpc) is 2.70. The molecule has 1 N–H and O–H groups in total. The monoisotopic (exact) mass is 278 g/mol. The third-order valence-electron chi connectivity index (χ3n) is 5.89. The van der Waals surface area contributed by atoms with Crippen molar-refractivity contribution in [2.24, 2.45) is 11.3 Å². The molecule has 1 aliphatic carbocycles. The summed E-state index contributed by atoms with van der Waals surface area (Å²) in [6.45, 7) is 4.35. The van der Waals surface area contributed by atoms with Crippen molar-refractivity contribution in [2.75, 3.05) is 26.2 Å². The van der Waals surface area contributed by atoms with Gasteiger partial charge in [-0.05, 0) is 56.5 Å². The zero-order valence-electron chi connectivity index (χ0n) is 12.8.